The minimum Gasteiger partial charge on any atom is -0.490 e. The highest BCUT2D eigenvalue weighted by molar-refractivity contribution is 5.67. The number of halogens is 2. The SMILES string of the molecule is C=CCCCCC1CCC(C2CC=C(c3ccc(OCCCC)c(F)c3F)CC2)CC1. The normalized spacial score (nSPS) is 24.0. The van der Waals surface area contributed by atoms with Crippen LogP contribution in [0.15, 0.2) is 30.9 Å². The average Bonchev–Trinajstić information content (AvgIpc) is 2.80. The van der Waals surface area contributed by atoms with Crippen molar-refractivity contribution < 1.29 is 13.5 Å². The zero-order valence-corrected chi connectivity index (χ0v) is 19.3. The Morgan fingerprint density at radius 3 is 2.48 bits per heavy atom. The van der Waals surface area contributed by atoms with E-state index in [0.717, 1.165) is 55.9 Å². The van der Waals surface area contributed by atoms with Gasteiger partial charge in [-0.15, -0.1) is 6.58 Å². The average molecular weight is 431 g/mol. The summed E-state index contributed by atoms with van der Waals surface area (Å²) in [4.78, 5) is 0. The van der Waals surface area contributed by atoms with Crippen LogP contribution in [0.3, 0.4) is 0 Å². The highest BCUT2D eigenvalue weighted by Crippen LogP contribution is 2.43. The predicted octanol–water partition coefficient (Wildman–Crippen LogP) is 8.88. The molecule has 3 heteroatoms. The molecule has 0 saturated heterocycles. The molecule has 1 nitrogen and oxygen atoms in total. The molecule has 3 rings (SSSR count). The van der Waals surface area contributed by atoms with Crippen molar-refractivity contribution in [2.24, 2.45) is 17.8 Å². The van der Waals surface area contributed by atoms with E-state index in [0.29, 0.717) is 18.1 Å². The third-order valence-electron chi connectivity index (χ3n) is 7.43. The molecule has 1 saturated carbocycles. The Kier molecular flexibility index (Phi) is 9.61. The molecule has 172 valence electrons. The van der Waals surface area contributed by atoms with E-state index in [-0.39, 0.29) is 5.75 Å². The van der Waals surface area contributed by atoms with Gasteiger partial charge in [-0.2, -0.15) is 4.39 Å². The summed E-state index contributed by atoms with van der Waals surface area (Å²) >= 11 is 0. The number of allylic oxidation sites excluding steroid dienone is 3. The zero-order valence-electron chi connectivity index (χ0n) is 19.3. The van der Waals surface area contributed by atoms with Crippen LogP contribution in [0, 0.1) is 29.4 Å². The first-order valence-corrected chi connectivity index (χ1v) is 12.5. The van der Waals surface area contributed by atoms with Gasteiger partial charge in [-0.25, -0.2) is 4.39 Å². The maximum atomic E-state index is 14.7. The second-order valence-electron chi connectivity index (χ2n) is 9.56. The first kappa shape index (κ1) is 24.0. The molecule has 1 aromatic carbocycles. The maximum absolute atomic E-state index is 14.7. The summed E-state index contributed by atoms with van der Waals surface area (Å²) < 4.78 is 34.6. The molecule has 1 fully saturated rings. The van der Waals surface area contributed by atoms with Crippen molar-refractivity contribution in [3.05, 3.63) is 48.1 Å². The van der Waals surface area contributed by atoms with E-state index in [1.54, 1.807) is 12.1 Å². The lowest BCUT2D eigenvalue weighted by Gasteiger charge is -2.35. The number of unbranched alkanes of at least 4 members (excludes halogenated alkanes) is 3. The Morgan fingerprint density at radius 2 is 1.81 bits per heavy atom. The molecule has 0 bridgehead atoms. The van der Waals surface area contributed by atoms with Crippen LogP contribution in [0.1, 0.15) is 96.0 Å². The topological polar surface area (TPSA) is 9.23 Å². The molecule has 1 aromatic rings. The summed E-state index contributed by atoms with van der Waals surface area (Å²) in [5, 5.41) is 0. The number of hydrogen-bond donors (Lipinski definition) is 0. The molecule has 2 aliphatic rings. The summed E-state index contributed by atoms with van der Waals surface area (Å²) in [7, 11) is 0. The first-order chi connectivity index (χ1) is 15.1. The van der Waals surface area contributed by atoms with Gasteiger partial charge in [0.15, 0.2) is 11.6 Å². The zero-order chi connectivity index (χ0) is 22.1. The summed E-state index contributed by atoms with van der Waals surface area (Å²) in [6, 6.07) is 3.29. The maximum Gasteiger partial charge on any atom is 0.201 e. The van der Waals surface area contributed by atoms with Gasteiger partial charge in [0.05, 0.1) is 6.61 Å². The third-order valence-corrected chi connectivity index (χ3v) is 7.43. The highest BCUT2D eigenvalue weighted by atomic mass is 19.2. The molecule has 0 radical (unpaired) electrons. The molecule has 1 unspecified atom stereocenters. The van der Waals surface area contributed by atoms with Crippen LogP contribution in [0.5, 0.6) is 5.75 Å². The molecule has 31 heavy (non-hydrogen) atoms. The van der Waals surface area contributed by atoms with E-state index in [1.807, 2.05) is 13.0 Å². The lowest BCUT2D eigenvalue weighted by atomic mass is 9.70. The Labute approximate surface area is 188 Å². The first-order valence-electron chi connectivity index (χ1n) is 12.5. The highest BCUT2D eigenvalue weighted by Gasteiger charge is 2.29. The molecular weight excluding hydrogens is 390 g/mol. The van der Waals surface area contributed by atoms with Gasteiger partial charge in [0.2, 0.25) is 5.82 Å². The fourth-order valence-corrected chi connectivity index (χ4v) is 5.41. The molecule has 0 heterocycles. The summed E-state index contributed by atoms with van der Waals surface area (Å²) in [6.07, 6.45) is 19.5. The second-order valence-corrected chi connectivity index (χ2v) is 9.56. The van der Waals surface area contributed by atoms with Gasteiger partial charge < -0.3 is 4.74 Å². The van der Waals surface area contributed by atoms with Crippen LogP contribution in [0.25, 0.3) is 5.57 Å². The smallest absolute Gasteiger partial charge is 0.201 e. The van der Waals surface area contributed by atoms with Crippen LogP contribution in [0.2, 0.25) is 0 Å². The van der Waals surface area contributed by atoms with E-state index in [9.17, 15) is 8.78 Å². The molecule has 0 aromatic heterocycles. The molecular formula is C28H40F2O. The molecule has 0 spiro atoms. The van der Waals surface area contributed by atoms with Gasteiger partial charge in [0.25, 0.3) is 0 Å². The Bertz CT molecular complexity index is 731. The minimum atomic E-state index is -0.844. The van der Waals surface area contributed by atoms with Gasteiger partial charge >= 0.3 is 0 Å². The monoisotopic (exact) mass is 430 g/mol. The largest absolute Gasteiger partial charge is 0.490 e. The predicted molar refractivity (Wildman–Crippen MR) is 126 cm³/mol. The van der Waals surface area contributed by atoms with Gasteiger partial charge in [-0.05, 0) is 86.8 Å². The number of benzene rings is 1. The molecule has 1 atom stereocenters. The molecule has 0 N–H and O–H groups in total. The fraction of sp³-hybridized carbons (Fsp3) is 0.643. The molecule has 2 aliphatic carbocycles. The van der Waals surface area contributed by atoms with Crippen molar-refractivity contribution in [2.75, 3.05) is 6.61 Å². The standard InChI is InChI=1S/C28H40F2O/c1-3-5-7-8-9-21-10-12-22(13-11-21)23-14-16-24(17-15-23)25-18-19-26(28(30)27(25)29)31-20-6-4-2/h3,16,18-19,21-23H,1,4-15,17,20H2,2H3. The van der Waals surface area contributed by atoms with Crippen molar-refractivity contribution >= 4 is 5.57 Å². The van der Waals surface area contributed by atoms with Crippen molar-refractivity contribution in [3.8, 4) is 5.75 Å². The van der Waals surface area contributed by atoms with Crippen LogP contribution < -0.4 is 4.74 Å². The van der Waals surface area contributed by atoms with Crippen molar-refractivity contribution in [2.45, 2.75) is 90.4 Å². The summed E-state index contributed by atoms with van der Waals surface area (Å²) in [6.45, 7) is 6.28. The molecule has 0 amide bonds. The van der Waals surface area contributed by atoms with Gasteiger partial charge in [0, 0.05) is 5.56 Å². The van der Waals surface area contributed by atoms with Gasteiger partial charge in [-0.1, -0.05) is 51.2 Å². The second kappa shape index (κ2) is 12.4. The fourth-order valence-electron chi connectivity index (χ4n) is 5.41. The lowest BCUT2D eigenvalue weighted by Crippen LogP contribution is -2.23. The van der Waals surface area contributed by atoms with E-state index < -0.39 is 11.6 Å². The Morgan fingerprint density at radius 1 is 1.00 bits per heavy atom. The summed E-state index contributed by atoms with van der Waals surface area (Å²) in [5.41, 5.74) is 1.38. The minimum absolute atomic E-state index is 0.0326. The lowest BCUT2D eigenvalue weighted by molar-refractivity contribution is 0.187. The van der Waals surface area contributed by atoms with E-state index in [1.165, 1.54) is 44.9 Å². The summed E-state index contributed by atoms with van der Waals surface area (Å²) in [5.74, 6) is 0.850. The van der Waals surface area contributed by atoms with Crippen LogP contribution in [-0.4, -0.2) is 6.61 Å². The Balaban J connectivity index is 1.50. The Hall–Kier alpha value is -1.64. The van der Waals surface area contributed by atoms with Crippen LogP contribution in [-0.2, 0) is 0 Å². The van der Waals surface area contributed by atoms with Crippen molar-refractivity contribution in [1.82, 2.24) is 0 Å². The van der Waals surface area contributed by atoms with E-state index in [4.69, 9.17) is 4.74 Å². The van der Waals surface area contributed by atoms with Crippen molar-refractivity contribution in [3.63, 3.8) is 0 Å². The van der Waals surface area contributed by atoms with Crippen molar-refractivity contribution in [1.29, 1.82) is 0 Å². The van der Waals surface area contributed by atoms with E-state index >= 15 is 0 Å². The number of hydrogen-bond acceptors (Lipinski definition) is 1. The van der Waals surface area contributed by atoms with E-state index in [2.05, 4.69) is 12.7 Å². The van der Waals surface area contributed by atoms with Gasteiger partial charge in [-0.3, -0.25) is 0 Å². The third kappa shape index (κ3) is 6.67. The number of ether oxygens (including phenoxy) is 1. The van der Waals surface area contributed by atoms with Gasteiger partial charge in [0.1, 0.15) is 0 Å². The quantitative estimate of drug-likeness (QED) is 0.251. The molecule has 0 aliphatic heterocycles. The number of rotatable bonds is 11. The van der Waals surface area contributed by atoms with Crippen LogP contribution in [0.4, 0.5) is 8.78 Å². The van der Waals surface area contributed by atoms with Crippen LogP contribution >= 0.6 is 0 Å².